The number of esters is 1. The molecule has 1 aromatic heterocycles. The normalized spacial score (nSPS) is 9.85. The Labute approximate surface area is 115 Å². The number of nitrogen functional groups attached to an aromatic ring is 1. The number of carbonyl (C=O) groups excluding carboxylic acids is 2. The summed E-state index contributed by atoms with van der Waals surface area (Å²) in [7, 11) is 1.28. The average molecular weight is 271 g/mol. The minimum atomic E-state index is -0.533. The Morgan fingerprint density at radius 2 is 1.95 bits per heavy atom. The van der Waals surface area contributed by atoms with Gasteiger partial charge >= 0.3 is 5.97 Å². The number of pyridine rings is 1. The van der Waals surface area contributed by atoms with Crippen LogP contribution in [0.25, 0.3) is 0 Å². The highest BCUT2D eigenvalue weighted by Gasteiger charge is 2.16. The number of para-hydroxylation sites is 1. The number of hydrogen-bond acceptors (Lipinski definition) is 5. The highest BCUT2D eigenvalue weighted by atomic mass is 16.5. The van der Waals surface area contributed by atoms with Crippen LogP contribution in [0, 0.1) is 0 Å². The molecule has 102 valence electrons. The Balaban J connectivity index is 2.29. The van der Waals surface area contributed by atoms with Crippen molar-refractivity contribution in [1.29, 1.82) is 0 Å². The molecule has 6 heteroatoms. The number of methoxy groups -OCH3 is 1. The van der Waals surface area contributed by atoms with Gasteiger partial charge in [0.05, 0.1) is 24.0 Å². The van der Waals surface area contributed by atoms with Crippen LogP contribution in [0.15, 0.2) is 42.6 Å². The van der Waals surface area contributed by atoms with Crippen LogP contribution in [0.1, 0.15) is 20.8 Å². The number of benzene rings is 1. The molecule has 3 N–H and O–H groups in total. The first-order chi connectivity index (χ1) is 9.63. The fourth-order valence-electron chi connectivity index (χ4n) is 1.67. The van der Waals surface area contributed by atoms with Crippen molar-refractivity contribution in [3.8, 4) is 0 Å². The summed E-state index contributed by atoms with van der Waals surface area (Å²) in [5, 5.41) is 2.60. The average Bonchev–Trinajstić information content (AvgIpc) is 2.47. The number of hydrogen-bond donors (Lipinski definition) is 2. The van der Waals surface area contributed by atoms with Crippen LogP contribution in [0.3, 0.4) is 0 Å². The number of nitrogens with two attached hydrogens (primary N) is 1. The summed E-state index contributed by atoms with van der Waals surface area (Å²) >= 11 is 0. The third kappa shape index (κ3) is 2.74. The smallest absolute Gasteiger partial charge is 0.339 e. The number of carbonyl (C=O) groups is 2. The third-order valence-corrected chi connectivity index (χ3v) is 2.63. The van der Waals surface area contributed by atoms with E-state index in [2.05, 4.69) is 15.0 Å². The van der Waals surface area contributed by atoms with Crippen molar-refractivity contribution in [2.45, 2.75) is 0 Å². The zero-order valence-electron chi connectivity index (χ0n) is 10.8. The Morgan fingerprint density at radius 3 is 2.65 bits per heavy atom. The van der Waals surface area contributed by atoms with Crippen LogP contribution in [-0.2, 0) is 4.74 Å². The van der Waals surface area contributed by atoms with Crippen molar-refractivity contribution in [1.82, 2.24) is 4.98 Å². The Morgan fingerprint density at radius 1 is 1.20 bits per heavy atom. The van der Waals surface area contributed by atoms with Crippen LogP contribution >= 0.6 is 0 Å². The molecule has 0 aliphatic rings. The van der Waals surface area contributed by atoms with Crippen molar-refractivity contribution in [2.75, 3.05) is 18.2 Å². The van der Waals surface area contributed by atoms with Gasteiger partial charge in [-0.2, -0.15) is 0 Å². The standard InChI is InChI=1S/C14H13N3O3/c1-20-14(19)9-5-2-3-7-11(9)17-13(18)12-10(15)6-4-8-16-12/h2-8H,15H2,1H3,(H,17,18). The molecule has 2 aromatic rings. The van der Waals surface area contributed by atoms with Crippen LogP contribution < -0.4 is 11.1 Å². The summed E-state index contributed by atoms with van der Waals surface area (Å²) in [6, 6.07) is 9.75. The van der Waals surface area contributed by atoms with E-state index in [0.717, 1.165) is 0 Å². The Bertz CT molecular complexity index is 656. The highest BCUT2D eigenvalue weighted by molar-refractivity contribution is 6.09. The van der Waals surface area contributed by atoms with Crippen molar-refractivity contribution in [2.24, 2.45) is 0 Å². The lowest BCUT2D eigenvalue weighted by atomic mass is 10.1. The molecule has 6 nitrogen and oxygen atoms in total. The number of aromatic nitrogens is 1. The second-order valence-electron chi connectivity index (χ2n) is 3.93. The van der Waals surface area contributed by atoms with Crippen molar-refractivity contribution in [3.05, 3.63) is 53.9 Å². The van der Waals surface area contributed by atoms with E-state index in [1.807, 2.05) is 0 Å². The second kappa shape index (κ2) is 5.83. The zero-order valence-corrected chi connectivity index (χ0v) is 10.8. The maximum Gasteiger partial charge on any atom is 0.339 e. The maximum atomic E-state index is 12.1. The van der Waals surface area contributed by atoms with Gasteiger partial charge in [-0.15, -0.1) is 0 Å². The van der Waals surface area contributed by atoms with Gasteiger partial charge < -0.3 is 15.8 Å². The second-order valence-corrected chi connectivity index (χ2v) is 3.93. The van der Waals surface area contributed by atoms with Gasteiger partial charge in [0.1, 0.15) is 0 Å². The van der Waals surface area contributed by atoms with Gasteiger partial charge in [-0.05, 0) is 24.3 Å². The molecular weight excluding hydrogens is 258 g/mol. The number of nitrogens with one attached hydrogen (secondary N) is 1. The minimum Gasteiger partial charge on any atom is -0.465 e. The molecule has 0 spiro atoms. The van der Waals surface area contributed by atoms with Crippen molar-refractivity contribution in [3.63, 3.8) is 0 Å². The number of amides is 1. The van der Waals surface area contributed by atoms with E-state index in [-0.39, 0.29) is 16.9 Å². The molecule has 1 amide bonds. The van der Waals surface area contributed by atoms with E-state index >= 15 is 0 Å². The number of anilines is 2. The first-order valence-corrected chi connectivity index (χ1v) is 5.82. The van der Waals surface area contributed by atoms with Gasteiger partial charge in [0.2, 0.25) is 0 Å². The molecule has 0 unspecified atom stereocenters. The van der Waals surface area contributed by atoms with E-state index in [1.54, 1.807) is 36.4 Å². The monoisotopic (exact) mass is 271 g/mol. The molecule has 0 fully saturated rings. The summed E-state index contributed by atoms with van der Waals surface area (Å²) in [6.07, 6.45) is 1.47. The molecular formula is C14H13N3O3. The highest BCUT2D eigenvalue weighted by Crippen LogP contribution is 2.18. The number of ether oxygens (including phenoxy) is 1. The molecule has 0 saturated heterocycles. The van der Waals surface area contributed by atoms with Crippen LogP contribution in [0.4, 0.5) is 11.4 Å². The maximum absolute atomic E-state index is 12.1. The van der Waals surface area contributed by atoms with Gasteiger partial charge in [0, 0.05) is 6.20 Å². The lowest BCUT2D eigenvalue weighted by Crippen LogP contribution is -2.18. The van der Waals surface area contributed by atoms with Crippen LogP contribution in [-0.4, -0.2) is 24.0 Å². The van der Waals surface area contributed by atoms with E-state index in [1.165, 1.54) is 13.3 Å². The van der Waals surface area contributed by atoms with Crippen LogP contribution in [0.2, 0.25) is 0 Å². The molecule has 0 aliphatic heterocycles. The predicted octanol–water partition coefficient (Wildman–Crippen LogP) is 1.70. The molecule has 0 bridgehead atoms. The molecule has 0 radical (unpaired) electrons. The SMILES string of the molecule is COC(=O)c1ccccc1NC(=O)c1ncccc1N. The summed E-state index contributed by atoms with van der Waals surface area (Å²) in [6.45, 7) is 0. The molecule has 2 rings (SSSR count). The minimum absolute atomic E-state index is 0.104. The van der Waals surface area contributed by atoms with Gasteiger partial charge in [0.15, 0.2) is 5.69 Å². The lowest BCUT2D eigenvalue weighted by Gasteiger charge is -2.10. The first kappa shape index (κ1) is 13.5. The summed E-state index contributed by atoms with van der Waals surface area (Å²) < 4.78 is 4.66. The molecule has 0 aliphatic carbocycles. The number of nitrogens with zero attached hydrogens (tertiary/aromatic N) is 1. The zero-order chi connectivity index (χ0) is 14.5. The molecule has 1 heterocycles. The Kier molecular flexibility index (Phi) is 3.95. The van der Waals surface area contributed by atoms with Crippen molar-refractivity contribution >= 4 is 23.3 Å². The van der Waals surface area contributed by atoms with Crippen LogP contribution in [0.5, 0.6) is 0 Å². The molecule has 20 heavy (non-hydrogen) atoms. The summed E-state index contributed by atoms with van der Waals surface area (Å²) in [5.74, 6) is -1.02. The fraction of sp³-hybridized carbons (Fsp3) is 0.0714. The largest absolute Gasteiger partial charge is 0.465 e. The van der Waals surface area contributed by atoms with Gasteiger partial charge in [-0.25, -0.2) is 9.78 Å². The van der Waals surface area contributed by atoms with E-state index in [9.17, 15) is 9.59 Å². The summed E-state index contributed by atoms with van der Waals surface area (Å²) in [5.41, 5.74) is 6.66. The number of rotatable bonds is 3. The lowest BCUT2D eigenvalue weighted by molar-refractivity contribution is 0.0602. The van der Waals surface area contributed by atoms with Gasteiger partial charge in [-0.1, -0.05) is 12.1 Å². The quantitative estimate of drug-likeness (QED) is 0.828. The van der Waals surface area contributed by atoms with Gasteiger partial charge in [-0.3, -0.25) is 4.79 Å². The fourth-order valence-corrected chi connectivity index (χ4v) is 1.67. The molecule has 0 atom stereocenters. The third-order valence-electron chi connectivity index (χ3n) is 2.63. The van der Waals surface area contributed by atoms with E-state index < -0.39 is 11.9 Å². The molecule has 1 aromatic carbocycles. The first-order valence-electron chi connectivity index (χ1n) is 5.82. The summed E-state index contributed by atoms with van der Waals surface area (Å²) in [4.78, 5) is 27.6. The van der Waals surface area contributed by atoms with Crippen molar-refractivity contribution < 1.29 is 14.3 Å². The van der Waals surface area contributed by atoms with Gasteiger partial charge in [0.25, 0.3) is 5.91 Å². The van der Waals surface area contributed by atoms with E-state index in [0.29, 0.717) is 5.69 Å². The Hall–Kier alpha value is -2.89. The molecule has 0 saturated carbocycles. The predicted molar refractivity (Wildman–Crippen MR) is 74.4 cm³/mol. The van der Waals surface area contributed by atoms with E-state index in [4.69, 9.17) is 5.73 Å². The topological polar surface area (TPSA) is 94.3 Å².